The second-order valence-electron chi connectivity index (χ2n) is 13.7. The van der Waals surface area contributed by atoms with Gasteiger partial charge in [-0.25, -0.2) is 9.59 Å². The highest BCUT2D eigenvalue weighted by Crippen LogP contribution is 2.44. The Labute approximate surface area is 358 Å². The third-order valence-corrected chi connectivity index (χ3v) is 12.2. The van der Waals surface area contributed by atoms with Crippen molar-refractivity contribution in [3.05, 3.63) is 152 Å². The summed E-state index contributed by atoms with van der Waals surface area (Å²) < 4.78 is 11.8. The van der Waals surface area contributed by atoms with Gasteiger partial charge in [-0.05, 0) is 89.8 Å². The van der Waals surface area contributed by atoms with Crippen molar-refractivity contribution in [1.29, 1.82) is 0 Å². The molecule has 16 heteroatoms. The Hall–Kier alpha value is -7.56. The Bertz CT molecular complexity index is 3110. The lowest BCUT2D eigenvalue weighted by molar-refractivity contribution is -0.106. The van der Waals surface area contributed by atoms with Crippen LogP contribution in [0.25, 0.3) is 66.8 Å². The minimum atomic E-state index is -1.26. The van der Waals surface area contributed by atoms with Crippen LogP contribution in [-0.2, 0) is 11.2 Å². The number of carbonyl (C=O) groups excluding carboxylic acids is 2. The fraction of sp³-hybridized carbons (Fsp3) is 0.0870. The summed E-state index contributed by atoms with van der Waals surface area (Å²) in [6.45, 7) is 0.300. The van der Waals surface area contributed by atoms with E-state index >= 15 is 0 Å². The highest BCUT2D eigenvalue weighted by Gasteiger charge is 2.25. The summed E-state index contributed by atoms with van der Waals surface area (Å²) in [5.74, 6) is -1.25. The van der Waals surface area contributed by atoms with Crippen molar-refractivity contribution in [3.63, 3.8) is 0 Å². The average Bonchev–Trinajstić information content (AvgIpc) is 3.24. The summed E-state index contributed by atoms with van der Waals surface area (Å²) in [5, 5.41) is 44.5. The fourth-order valence-electron chi connectivity index (χ4n) is 7.11. The average molecular weight is 871 g/mol. The van der Waals surface area contributed by atoms with Gasteiger partial charge in [0.05, 0.1) is 11.1 Å². The van der Waals surface area contributed by atoms with E-state index in [9.17, 15) is 44.4 Å². The van der Waals surface area contributed by atoms with Gasteiger partial charge in [0.15, 0.2) is 10.9 Å². The topological polar surface area (TPSA) is 248 Å². The lowest BCUT2D eigenvalue weighted by atomic mass is 9.89. The van der Waals surface area contributed by atoms with Gasteiger partial charge in [-0.1, -0.05) is 39.8 Å². The van der Waals surface area contributed by atoms with Crippen LogP contribution in [0.5, 0.6) is 11.5 Å². The number of hydrogen-bond donors (Lipinski definition) is 6. The number of phenols is 2. The number of carbonyl (C=O) groups is 4. The molecule has 2 amide bonds. The molecule has 4 aromatic carbocycles. The molecule has 0 aromatic heterocycles. The zero-order valence-electron chi connectivity index (χ0n) is 32.2. The number of fused-ring (bicyclic) bond motifs is 4. The highest BCUT2D eigenvalue weighted by atomic mass is 33.1. The number of rotatable bonds is 12. The number of aromatic hydroxyl groups is 2. The molecule has 14 nitrogen and oxygen atoms in total. The molecule has 2 heterocycles. The van der Waals surface area contributed by atoms with Crippen molar-refractivity contribution in [1.82, 2.24) is 5.32 Å². The van der Waals surface area contributed by atoms with Crippen LogP contribution in [0.3, 0.4) is 0 Å². The number of phenolic OH excluding ortho intramolecular Hbond substituents is 2. The van der Waals surface area contributed by atoms with Gasteiger partial charge in [-0.15, -0.1) is 0 Å². The van der Waals surface area contributed by atoms with Crippen LogP contribution in [-0.4, -0.2) is 62.7 Å². The van der Waals surface area contributed by atoms with Crippen LogP contribution >= 0.6 is 21.6 Å². The highest BCUT2D eigenvalue weighted by molar-refractivity contribution is 8.76. The molecular weight excluding hydrogens is 837 g/mol. The lowest BCUT2D eigenvalue weighted by Crippen LogP contribution is -2.25. The number of aromatic carboxylic acids is 2. The monoisotopic (exact) mass is 870 g/mol. The zero-order chi connectivity index (χ0) is 44.1. The molecule has 4 aliphatic rings. The van der Waals surface area contributed by atoms with E-state index in [1.807, 2.05) is 6.07 Å². The van der Waals surface area contributed by atoms with Crippen LogP contribution in [0.2, 0.25) is 0 Å². The number of amides is 2. The second-order valence-corrected chi connectivity index (χ2v) is 16.4. The Balaban J connectivity index is 0.00000187. The van der Waals surface area contributed by atoms with E-state index in [4.69, 9.17) is 13.6 Å². The Kier molecular flexibility index (Phi) is 12.6. The van der Waals surface area contributed by atoms with Gasteiger partial charge in [-0.3, -0.25) is 19.2 Å². The van der Waals surface area contributed by atoms with Crippen molar-refractivity contribution < 1.29 is 48.4 Å². The number of nitrogens with two attached hydrogens (primary N) is 1. The largest absolute Gasteiger partial charge is 0.508 e. The quantitative estimate of drug-likeness (QED) is 0.0298. The molecule has 8 rings (SSSR count). The van der Waals surface area contributed by atoms with E-state index in [1.165, 1.54) is 71.5 Å². The van der Waals surface area contributed by atoms with Crippen molar-refractivity contribution in [2.24, 2.45) is 5.73 Å². The van der Waals surface area contributed by atoms with Crippen molar-refractivity contribution >= 4 is 67.8 Å². The van der Waals surface area contributed by atoms with Gasteiger partial charge in [0.1, 0.15) is 34.2 Å². The maximum atomic E-state index is 13.2. The molecule has 0 spiro atoms. The van der Waals surface area contributed by atoms with Crippen LogP contribution in [0.1, 0.15) is 36.6 Å². The molecule has 0 radical (unpaired) electrons. The van der Waals surface area contributed by atoms with Crippen LogP contribution in [0.4, 0.5) is 0 Å². The minimum Gasteiger partial charge on any atom is -0.508 e. The first-order valence-corrected chi connectivity index (χ1v) is 21.2. The standard InChI is InChI=1S/C45H31NO11S2.CH3NO/c47-25-3-9-31-37(19-25)56-38-20-26(48)4-10-32(38)41(31)29-8-2-24(18-36(29)45(54)55)43(51)46-14-16-59-58-15-13-23-1-7-30(44(52)53)35(17-23)42-33-11-5-27(49)21-39(33)57-40-22-28(50)6-12-34(40)42;2-1-3/h1-12,17-22,47,49H,13-16H2,(H,46,51)(H,52,53)(H,54,55);1H,(H2,2,3). The maximum Gasteiger partial charge on any atom is 0.336 e. The molecule has 0 unspecified atom stereocenters. The van der Waals surface area contributed by atoms with Crippen LogP contribution in [0.15, 0.2) is 128 Å². The van der Waals surface area contributed by atoms with Crippen molar-refractivity contribution in [2.45, 2.75) is 6.42 Å². The molecule has 312 valence electrons. The van der Waals surface area contributed by atoms with Gasteiger partial charge < -0.3 is 40.3 Å². The Morgan fingerprint density at radius 2 is 1.15 bits per heavy atom. The lowest BCUT2D eigenvalue weighted by Gasteiger charge is -2.17. The third kappa shape index (κ3) is 8.96. The molecule has 0 saturated carbocycles. The SMILES string of the molecule is NC=O.O=C(NCCSSCCc1ccc(C(=O)O)c(-c2c3ccc(=O)cc-3oc3cc(O)ccc23)c1)c1ccc(-c2c3ccc(=O)cc-3oc3cc(O)ccc23)c(C(=O)O)c1. The van der Waals surface area contributed by atoms with Gasteiger partial charge in [-0.2, -0.15) is 0 Å². The summed E-state index contributed by atoms with van der Waals surface area (Å²) >= 11 is 0. The number of nitrogens with one attached hydrogen (secondary N) is 1. The van der Waals surface area contributed by atoms with Crippen LogP contribution < -0.4 is 21.9 Å². The van der Waals surface area contributed by atoms with Gasteiger partial charge in [0.25, 0.3) is 5.91 Å². The second kappa shape index (κ2) is 18.4. The number of aryl methyl sites for hydroxylation is 1. The van der Waals surface area contributed by atoms with Gasteiger partial charge in [0, 0.05) is 80.9 Å². The number of benzene rings is 6. The number of primary amides is 1. The summed E-state index contributed by atoms with van der Waals surface area (Å²) in [5.41, 5.74) is 7.96. The molecule has 2 aliphatic carbocycles. The molecule has 0 fully saturated rings. The Morgan fingerprint density at radius 1 is 0.613 bits per heavy atom. The molecule has 0 bridgehead atoms. The first kappa shape index (κ1) is 42.6. The third-order valence-electron chi connectivity index (χ3n) is 9.75. The molecule has 0 saturated heterocycles. The van der Waals surface area contributed by atoms with E-state index in [0.717, 1.165) is 5.56 Å². The zero-order valence-corrected chi connectivity index (χ0v) is 33.9. The normalized spacial score (nSPS) is 11.0. The molecule has 7 N–H and O–H groups in total. The number of carboxylic acid groups (broad SMARTS) is 2. The number of carboxylic acids is 2. The summed E-state index contributed by atoms with van der Waals surface area (Å²) in [6, 6.07) is 27.1. The maximum absolute atomic E-state index is 13.2. The summed E-state index contributed by atoms with van der Waals surface area (Å²) in [4.78, 5) is 71.1. The van der Waals surface area contributed by atoms with Gasteiger partial charge >= 0.3 is 11.9 Å². The fourth-order valence-corrected chi connectivity index (χ4v) is 9.05. The predicted octanol–water partition coefficient (Wildman–Crippen LogP) is 7.71. The van der Waals surface area contributed by atoms with Crippen molar-refractivity contribution in [2.75, 3.05) is 18.1 Å². The molecule has 2 aliphatic heterocycles. The Morgan fingerprint density at radius 3 is 1.71 bits per heavy atom. The summed E-state index contributed by atoms with van der Waals surface area (Å²) in [7, 11) is 3.11. The molecular formula is C46H34N2O12S2. The van der Waals surface area contributed by atoms with Crippen molar-refractivity contribution in [3.8, 4) is 56.4 Å². The molecule has 4 aromatic rings. The number of hydrogen-bond acceptors (Lipinski definition) is 12. The van der Waals surface area contributed by atoms with E-state index in [1.54, 1.807) is 53.3 Å². The molecule has 62 heavy (non-hydrogen) atoms. The van der Waals surface area contributed by atoms with E-state index < -0.39 is 17.8 Å². The molecule has 0 atom stereocenters. The predicted molar refractivity (Wildman–Crippen MR) is 238 cm³/mol. The smallest absolute Gasteiger partial charge is 0.336 e. The van der Waals surface area contributed by atoms with E-state index in [2.05, 4.69) is 11.1 Å². The first-order chi connectivity index (χ1) is 29.9. The van der Waals surface area contributed by atoms with E-state index in [0.29, 0.717) is 74.2 Å². The van der Waals surface area contributed by atoms with Crippen LogP contribution in [0, 0.1) is 0 Å². The summed E-state index contributed by atoms with van der Waals surface area (Å²) in [6.07, 6.45) is 0.846. The van der Waals surface area contributed by atoms with Gasteiger partial charge in [0.2, 0.25) is 6.41 Å². The minimum absolute atomic E-state index is 0.0401. The van der Waals surface area contributed by atoms with E-state index in [-0.39, 0.29) is 62.6 Å². The first-order valence-electron chi connectivity index (χ1n) is 18.7.